The molecule has 0 spiro atoms. The average Bonchev–Trinajstić information content (AvgIpc) is 0.918. The van der Waals surface area contributed by atoms with Crippen molar-refractivity contribution in [1.29, 1.82) is 0 Å². The molecule has 5 heavy (non-hydrogen) atoms. The zero-order valence-corrected chi connectivity index (χ0v) is 8.23. The standard InChI is InChI=1S/BH4.2BrH.Na.Ni/h1H4;2*1H;;/q-1;;;+1;+2/p-2. The van der Waals surface area contributed by atoms with Crippen molar-refractivity contribution in [3.63, 3.8) is 0 Å². The van der Waals surface area contributed by atoms with Crippen molar-refractivity contribution in [2.75, 3.05) is 0 Å². The Morgan fingerprint density at radius 1 is 1.20 bits per heavy atom. The van der Waals surface area contributed by atoms with Gasteiger partial charge in [0.1, 0.15) is 0 Å². The molecule has 0 atom stereocenters. The molecule has 32 valence electrons. The first-order valence-electron chi connectivity index (χ1n) is 0.239. The molecule has 5 heteroatoms. The molecular weight excluding hydrogens is 252 g/mol. The summed E-state index contributed by atoms with van der Waals surface area (Å²) in [5.74, 6) is 0. The van der Waals surface area contributed by atoms with Crippen LogP contribution in [0, 0.1) is 0 Å². The van der Waals surface area contributed by atoms with Gasteiger partial charge in [0.05, 0.1) is 0 Å². The van der Waals surface area contributed by atoms with Gasteiger partial charge in [0.15, 0.2) is 0 Å². The van der Waals surface area contributed by atoms with E-state index in [1.165, 1.54) is 10.9 Å². The molecule has 0 unspecified atom stereocenters. The van der Waals surface area contributed by atoms with Crippen LogP contribution in [0.5, 0.6) is 0 Å². The predicted octanol–water partition coefficient (Wildman–Crippen LogP) is -2.76. The molecule has 0 aliphatic carbocycles. The maximum Gasteiger partial charge on any atom is 1.00 e. The van der Waals surface area contributed by atoms with Crippen LogP contribution in [0.25, 0.3) is 0 Å². The Morgan fingerprint density at radius 2 is 1.20 bits per heavy atom. The molecule has 0 aromatic carbocycles. The fraction of sp³-hybridized carbons (Fsp3) is 0. The SMILES string of the molecule is [BH4-].[Br][Ni][Br].[Na+]. The summed E-state index contributed by atoms with van der Waals surface area (Å²) in [5, 5.41) is 0. The second kappa shape index (κ2) is 16.0. The Kier molecular flexibility index (Phi) is 50.2. The quantitative estimate of drug-likeness (QED) is 0.412. The zero-order valence-electron chi connectivity index (χ0n) is 2.07. The monoisotopic (exact) mass is 254 g/mol. The van der Waals surface area contributed by atoms with Crippen molar-refractivity contribution >= 4 is 36.9 Å². The molecule has 0 nitrogen and oxygen atoms in total. The molecule has 0 aliphatic rings. The van der Waals surface area contributed by atoms with Crippen LogP contribution in [0.1, 0.15) is 0 Å². The van der Waals surface area contributed by atoms with E-state index in [2.05, 4.69) is 28.5 Å². The summed E-state index contributed by atoms with van der Waals surface area (Å²) in [6.45, 7) is 0. The Morgan fingerprint density at radius 3 is 1.20 bits per heavy atom. The van der Waals surface area contributed by atoms with Gasteiger partial charge in [-0.2, -0.15) is 0 Å². The maximum atomic E-state index is 3.00. The third-order valence-electron chi connectivity index (χ3n) is 0. The summed E-state index contributed by atoms with van der Waals surface area (Å²) in [4.78, 5) is 0. The fourth-order valence-corrected chi connectivity index (χ4v) is 0. The summed E-state index contributed by atoms with van der Waals surface area (Å²) < 4.78 is 0. The van der Waals surface area contributed by atoms with Crippen LogP contribution in [0.15, 0.2) is 0 Å². The molecule has 0 rings (SSSR count). The van der Waals surface area contributed by atoms with Gasteiger partial charge in [-0.1, -0.05) is 8.41 Å². The van der Waals surface area contributed by atoms with Crippen molar-refractivity contribution in [2.45, 2.75) is 0 Å². The molecule has 0 radical (unpaired) electrons. The van der Waals surface area contributed by atoms with E-state index in [-0.39, 0.29) is 38.0 Å². The van der Waals surface area contributed by atoms with Crippen LogP contribution in [-0.4, -0.2) is 8.41 Å². The van der Waals surface area contributed by atoms with Crippen LogP contribution in [0.3, 0.4) is 0 Å². The second-order valence-electron chi connectivity index (χ2n) is 0.0452. The molecule has 0 aliphatic heterocycles. The van der Waals surface area contributed by atoms with Gasteiger partial charge in [-0.15, -0.1) is 0 Å². The zero-order chi connectivity index (χ0) is 2.71. The van der Waals surface area contributed by atoms with E-state index in [4.69, 9.17) is 0 Å². The third kappa shape index (κ3) is 21.0. The molecule has 0 fully saturated rings. The van der Waals surface area contributed by atoms with E-state index in [1.54, 1.807) is 0 Å². The van der Waals surface area contributed by atoms with Gasteiger partial charge in [-0.25, -0.2) is 0 Å². The van der Waals surface area contributed by atoms with E-state index in [0.29, 0.717) is 0 Å². The minimum atomic E-state index is 0. The Hall–Kier alpha value is 2.52. The second-order valence-corrected chi connectivity index (χ2v) is 5.03. The Bertz CT molecular complexity index is 9.61. The molecule has 0 aromatic rings. The van der Waals surface area contributed by atoms with E-state index >= 15 is 0 Å². The Labute approximate surface area is 76.1 Å². The van der Waals surface area contributed by atoms with Gasteiger partial charge in [-0.05, 0) is 0 Å². The summed E-state index contributed by atoms with van der Waals surface area (Å²) >= 11 is 6.00. The van der Waals surface area contributed by atoms with E-state index < -0.39 is 0 Å². The van der Waals surface area contributed by atoms with E-state index in [0.717, 1.165) is 0 Å². The molecule has 0 N–H and O–H groups in total. The van der Waals surface area contributed by atoms with Crippen LogP contribution in [0.4, 0.5) is 0 Å². The minimum absolute atomic E-state index is 0. The van der Waals surface area contributed by atoms with Gasteiger partial charge < -0.3 is 0 Å². The van der Waals surface area contributed by atoms with Crippen LogP contribution >= 0.6 is 28.5 Å². The van der Waals surface area contributed by atoms with Crippen molar-refractivity contribution in [3.05, 3.63) is 0 Å². The summed E-state index contributed by atoms with van der Waals surface area (Å²) in [6, 6.07) is 0. The predicted molar refractivity (Wildman–Crippen MR) is 29.2 cm³/mol. The Balaban J connectivity index is -0.0000000200. The first kappa shape index (κ1) is 15.6. The third-order valence-corrected chi connectivity index (χ3v) is 0. The van der Waals surface area contributed by atoms with Gasteiger partial charge in [-0.3, -0.25) is 0 Å². The molecule has 0 bridgehead atoms. The average molecular weight is 256 g/mol. The summed E-state index contributed by atoms with van der Waals surface area (Å²) in [7, 11) is 1.25. The first-order chi connectivity index (χ1) is 1.41. The smallest absolute Gasteiger partial charge is 1.00 e. The number of rotatable bonds is 0. The molecule has 0 heterocycles. The number of hydrogen-bond donors (Lipinski definition) is 0. The van der Waals surface area contributed by atoms with Crippen molar-refractivity contribution in [2.24, 2.45) is 0 Å². The largest absolute Gasteiger partial charge is 1.00 e. The van der Waals surface area contributed by atoms with Gasteiger partial charge >= 0.3 is 68.9 Å². The minimum Gasteiger partial charge on any atom is 1.00 e. The topological polar surface area (TPSA) is 0 Å². The number of halogens is 2. The molecule has 0 saturated carbocycles. The van der Waals surface area contributed by atoms with Gasteiger partial charge in [0, 0.05) is 0 Å². The first-order valence-corrected chi connectivity index (χ1v) is 5.12. The van der Waals surface area contributed by atoms with Crippen molar-refractivity contribution < 1.29 is 40.5 Å². The molecule has 0 amide bonds. The van der Waals surface area contributed by atoms with Gasteiger partial charge in [0.2, 0.25) is 0 Å². The number of hydrogen-bond acceptors (Lipinski definition) is 0. The molecular formula is H4BBr2NaNi. The summed E-state index contributed by atoms with van der Waals surface area (Å²) in [6.07, 6.45) is 0. The molecule has 0 saturated heterocycles. The van der Waals surface area contributed by atoms with Gasteiger partial charge in [0.25, 0.3) is 0 Å². The van der Waals surface area contributed by atoms with Crippen LogP contribution < -0.4 is 29.6 Å². The van der Waals surface area contributed by atoms with Crippen LogP contribution in [-0.2, 0) is 10.9 Å². The normalized spacial score (nSPS) is 4.40. The maximum absolute atomic E-state index is 3.00. The fourth-order valence-electron chi connectivity index (χ4n) is 0. The molecule has 0 aromatic heterocycles. The van der Waals surface area contributed by atoms with E-state index in [9.17, 15) is 0 Å². The summed E-state index contributed by atoms with van der Waals surface area (Å²) in [5.41, 5.74) is 0. The van der Waals surface area contributed by atoms with Crippen molar-refractivity contribution in [1.82, 2.24) is 0 Å². The van der Waals surface area contributed by atoms with Crippen molar-refractivity contribution in [3.8, 4) is 0 Å². The van der Waals surface area contributed by atoms with E-state index in [1.807, 2.05) is 0 Å². The van der Waals surface area contributed by atoms with Crippen LogP contribution in [0.2, 0.25) is 0 Å².